The minimum absolute atomic E-state index is 0.113. The number of amidine groups is 1. The summed E-state index contributed by atoms with van der Waals surface area (Å²) in [6.45, 7) is 0.272. The van der Waals surface area contributed by atoms with Gasteiger partial charge in [-0.3, -0.25) is 14.5 Å². The maximum absolute atomic E-state index is 12.6. The lowest BCUT2D eigenvalue weighted by atomic mass is 10.2. The molecule has 0 aromatic heterocycles. The summed E-state index contributed by atoms with van der Waals surface area (Å²) in [6, 6.07) is 17.2. The number of amides is 2. The van der Waals surface area contributed by atoms with Gasteiger partial charge in [0.25, 0.3) is 0 Å². The smallest absolute Gasteiger partial charge is 0.243 e. The molecule has 0 bridgehead atoms. The van der Waals surface area contributed by atoms with E-state index < -0.39 is 5.25 Å². The molecule has 2 aromatic rings. The van der Waals surface area contributed by atoms with Crippen LogP contribution >= 0.6 is 11.8 Å². The minimum atomic E-state index is -0.565. The van der Waals surface area contributed by atoms with Gasteiger partial charge in [-0.2, -0.15) is 5.10 Å². The number of nitrogens with two attached hydrogens (primary N) is 1. The maximum Gasteiger partial charge on any atom is 0.243 e. The lowest BCUT2D eigenvalue weighted by Crippen LogP contribution is -2.31. The first kappa shape index (κ1) is 20.6. The van der Waals surface area contributed by atoms with Gasteiger partial charge in [0.1, 0.15) is 5.25 Å². The van der Waals surface area contributed by atoms with E-state index in [0.29, 0.717) is 0 Å². The second-order valence-corrected chi connectivity index (χ2v) is 8.01. The Morgan fingerprint density at radius 2 is 1.86 bits per heavy atom. The molecular formula is C21H23N5O2S. The molecule has 0 unspecified atom stereocenters. The summed E-state index contributed by atoms with van der Waals surface area (Å²) in [6.07, 6.45) is 1.71. The van der Waals surface area contributed by atoms with Crippen LogP contribution in [0, 0.1) is 0 Å². The van der Waals surface area contributed by atoms with Crippen LogP contribution in [0.25, 0.3) is 0 Å². The van der Waals surface area contributed by atoms with Gasteiger partial charge in [0.05, 0.1) is 12.8 Å². The number of thioether (sulfide) groups is 1. The highest BCUT2D eigenvalue weighted by molar-refractivity contribution is 8.14. The molecule has 1 saturated heterocycles. The number of likely N-dealkylation sites (tertiary alicyclic amines) is 1. The van der Waals surface area contributed by atoms with E-state index in [1.807, 2.05) is 73.6 Å². The van der Waals surface area contributed by atoms with Crippen LogP contribution in [0.5, 0.6) is 0 Å². The quantitative estimate of drug-likeness (QED) is 0.342. The molecular weight excluding hydrogens is 386 g/mol. The summed E-state index contributed by atoms with van der Waals surface area (Å²) in [5.74, 6) is -0.445. The molecule has 0 aliphatic carbocycles. The Balaban J connectivity index is 1.57. The largest absolute Gasteiger partial charge is 0.378 e. The molecule has 8 heteroatoms. The predicted octanol–water partition coefficient (Wildman–Crippen LogP) is 2.46. The first-order valence-electron chi connectivity index (χ1n) is 9.12. The summed E-state index contributed by atoms with van der Waals surface area (Å²) < 4.78 is 0. The van der Waals surface area contributed by atoms with Crippen molar-refractivity contribution in [1.82, 2.24) is 4.90 Å². The highest BCUT2D eigenvalue weighted by atomic mass is 32.2. The van der Waals surface area contributed by atoms with Crippen molar-refractivity contribution in [3.8, 4) is 0 Å². The molecule has 1 fully saturated rings. The van der Waals surface area contributed by atoms with E-state index in [2.05, 4.69) is 10.2 Å². The highest BCUT2D eigenvalue weighted by Crippen LogP contribution is 2.26. The summed E-state index contributed by atoms with van der Waals surface area (Å²) in [5.41, 5.74) is 8.78. The average molecular weight is 410 g/mol. The standard InChI is InChI=1S/C21H23N5O2S/c1-25(2)17-10-8-15(9-11-17)13-23-24-21(22)29-18-12-19(27)26(20(18)28)14-16-6-4-3-5-7-16/h3-11,13,18H,12,14H2,1-2H3,(H2,22,24)/b23-13-/t18-/m1/s1. The number of anilines is 1. The van der Waals surface area contributed by atoms with Gasteiger partial charge in [0.15, 0.2) is 5.17 Å². The van der Waals surface area contributed by atoms with Gasteiger partial charge < -0.3 is 10.6 Å². The predicted molar refractivity (Wildman–Crippen MR) is 118 cm³/mol. The van der Waals surface area contributed by atoms with Gasteiger partial charge in [-0.1, -0.05) is 54.2 Å². The van der Waals surface area contributed by atoms with Gasteiger partial charge in [-0.25, -0.2) is 0 Å². The van der Waals surface area contributed by atoms with E-state index in [4.69, 9.17) is 5.73 Å². The fourth-order valence-electron chi connectivity index (χ4n) is 2.86. The third-order valence-electron chi connectivity index (χ3n) is 4.42. The number of rotatable bonds is 6. The molecule has 1 atom stereocenters. The van der Waals surface area contributed by atoms with Crippen LogP contribution in [0.2, 0.25) is 0 Å². The van der Waals surface area contributed by atoms with Crippen LogP contribution in [-0.4, -0.2) is 47.4 Å². The Labute approximate surface area is 174 Å². The number of carbonyl (C=O) groups excluding carboxylic acids is 2. The minimum Gasteiger partial charge on any atom is -0.378 e. The number of hydrogen-bond donors (Lipinski definition) is 1. The van der Waals surface area contributed by atoms with Crippen molar-refractivity contribution in [2.24, 2.45) is 15.9 Å². The molecule has 2 amide bonds. The molecule has 1 aliphatic heterocycles. The molecule has 7 nitrogen and oxygen atoms in total. The van der Waals surface area contributed by atoms with Crippen molar-refractivity contribution in [2.45, 2.75) is 18.2 Å². The second kappa shape index (κ2) is 9.38. The summed E-state index contributed by atoms with van der Waals surface area (Å²) in [4.78, 5) is 28.1. The van der Waals surface area contributed by atoms with Crippen LogP contribution in [0.15, 0.2) is 64.8 Å². The summed E-state index contributed by atoms with van der Waals surface area (Å²) >= 11 is 1.07. The Bertz CT molecular complexity index is 926. The van der Waals surface area contributed by atoms with Crippen LogP contribution in [0.4, 0.5) is 5.69 Å². The molecule has 0 saturated carbocycles. The topological polar surface area (TPSA) is 91.4 Å². The SMILES string of the molecule is CN(C)c1ccc(/C=N\N=C(N)S[C@@H]2CC(=O)N(Cc3ccccc3)C2=O)cc1. The molecule has 1 aliphatic rings. The van der Waals surface area contributed by atoms with Gasteiger partial charge in [-0.15, -0.1) is 5.10 Å². The third kappa shape index (κ3) is 5.45. The third-order valence-corrected chi connectivity index (χ3v) is 5.40. The molecule has 1 heterocycles. The van der Waals surface area contributed by atoms with Crippen LogP contribution in [0.1, 0.15) is 17.5 Å². The average Bonchev–Trinajstić information content (AvgIpc) is 2.96. The maximum atomic E-state index is 12.6. The number of nitrogens with zero attached hydrogens (tertiary/aromatic N) is 4. The fourth-order valence-corrected chi connectivity index (χ4v) is 3.70. The van der Waals surface area contributed by atoms with Crippen molar-refractivity contribution < 1.29 is 9.59 Å². The second-order valence-electron chi connectivity index (χ2n) is 6.78. The van der Waals surface area contributed by atoms with Gasteiger partial charge in [0.2, 0.25) is 11.8 Å². The van der Waals surface area contributed by atoms with E-state index in [9.17, 15) is 9.59 Å². The van der Waals surface area contributed by atoms with Crippen molar-refractivity contribution >= 4 is 40.6 Å². The van der Waals surface area contributed by atoms with E-state index in [0.717, 1.165) is 28.6 Å². The van der Waals surface area contributed by atoms with Crippen LogP contribution in [-0.2, 0) is 16.1 Å². The van der Waals surface area contributed by atoms with E-state index in [-0.39, 0.29) is 29.9 Å². The first-order valence-corrected chi connectivity index (χ1v) is 10.0. The molecule has 150 valence electrons. The Morgan fingerprint density at radius 3 is 2.52 bits per heavy atom. The van der Waals surface area contributed by atoms with Gasteiger partial charge in [-0.05, 0) is 23.3 Å². The molecule has 2 N–H and O–H groups in total. The van der Waals surface area contributed by atoms with Gasteiger partial charge >= 0.3 is 0 Å². The Morgan fingerprint density at radius 1 is 1.17 bits per heavy atom. The number of carbonyl (C=O) groups is 2. The van der Waals surface area contributed by atoms with Crippen molar-refractivity contribution in [3.05, 3.63) is 65.7 Å². The van der Waals surface area contributed by atoms with E-state index in [1.165, 1.54) is 4.90 Å². The van der Waals surface area contributed by atoms with E-state index >= 15 is 0 Å². The van der Waals surface area contributed by atoms with Crippen molar-refractivity contribution in [2.75, 3.05) is 19.0 Å². The molecule has 0 radical (unpaired) electrons. The van der Waals surface area contributed by atoms with Crippen molar-refractivity contribution in [3.63, 3.8) is 0 Å². The van der Waals surface area contributed by atoms with Crippen molar-refractivity contribution in [1.29, 1.82) is 0 Å². The zero-order valence-electron chi connectivity index (χ0n) is 16.4. The highest BCUT2D eigenvalue weighted by Gasteiger charge is 2.39. The van der Waals surface area contributed by atoms with E-state index in [1.54, 1.807) is 6.21 Å². The zero-order chi connectivity index (χ0) is 20.8. The summed E-state index contributed by atoms with van der Waals surface area (Å²) in [7, 11) is 3.95. The molecule has 3 rings (SSSR count). The molecule has 2 aromatic carbocycles. The first-order chi connectivity index (χ1) is 13.9. The Hall–Kier alpha value is -3.13. The number of benzene rings is 2. The van der Waals surface area contributed by atoms with Gasteiger partial charge in [0, 0.05) is 26.2 Å². The lowest BCUT2D eigenvalue weighted by molar-refractivity contribution is -0.138. The fraction of sp³-hybridized carbons (Fsp3) is 0.238. The molecule has 29 heavy (non-hydrogen) atoms. The number of hydrogen-bond acceptors (Lipinski definition) is 6. The number of imide groups is 1. The zero-order valence-corrected chi connectivity index (χ0v) is 17.2. The van der Waals surface area contributed by atoms with Crippen LogP contribution in [0.3, 0.4) is 0 Å². The lowest BCUT2D eigenvalue weighted by Gasteiger charge is -2.14. The Kier molecular flexibility index (Phi) is 6.66. The summed E-state index contributed by atoms with van der Waals surface area (Å²) in [5, 5.41) is 7.51. The van der Waals surface area contributed by atoms with Crippen LogP contribution < -0.4 is 10.6 Å². The monoisotopic (exact) mass is 409 g/mol. The molecule has 0 spiro atoms. The normalized spacial score (nSPS) is 17.4.